The number of aromatic nitrogens is 1. The van der Waals surface area contributed by atoms with Gasteiger partial charge in [0.15, 0.2) is 5.78 Å². The van der Waals surface area contributed by atoms with Crippen molar-refractivity contribution in [1.82, 2.24) is 4.57 Å². The number of Topliss-reactive ketones (excluding diaryl/α,β-unsaturated/α-hetero) is 1. The first-order chi connectivity index (χ1) is 7.57. The molecule has 1 aromatic rings. The predicted molar refractivity (Wildman–Crippen MR) is 61.7 cm³/mol. The van der Waals surface area contributed by atoms with Crippen molar-refractivity contribution in [3.05, 3.63) is 34.2 Å². The van der Waals surface area contributed by atoms with Gasteiger partial charge in [-0.25, -0.2) is 0 Å². The minimum atomic E-state index is -0.238. The molecule has 16 heavy (non-hydrogen) atoms. The van der Waals surface area contributed by atoms with E-state index >= 15 is 0 Å². The molecule has 0 aliphatic heterocycles. The topological polar surface area (TPSA) is 48.3 Å². The van der Waals surface area contributed by atoms with E-state index in [4.69, 9.17) is 4.74 Å². The molecule has 0 aromatic carbocycles. The van der Waals surface area contributed by atoms with Crippen LogP contribution in [0.25, 0.3) is 0 Å². The van der Waals surface area contributed by atoms with E-state index in [9.17, 15) is 9.59 Å². The summed E-state index contributed by atoms with van der Waals surface area (Å²) in [6, 6.07) is 3.29. The second-order valence-electron chi connectivity index (χ2n) is 3.93. The summed E-state index contributed by atoms with van der Waals surface area (Å²) < 4.78 is 6.40. The molecule has 0 saturated heterocycles. The summed E-state index contributed by atoms with van der Waals surface area (Å²) in [4.78, 5) is 23.7. The van der Waals surface area contributed by atoms with Crippen LogP contribution in [-0.2, 0) is 11.3 Å². The fourth-order valence-corrected chi connectivity index (χ4v) is 1.40. The number of methoxy groups -OCH3 is 1. The summed E-state index contributed by atoms with van der Waals surface area (Å²) in [6.45, 7) is 4.50. The Morgan fingerprint density at radius 3 is 2.75 bits per heavy atom. The molecular formula is C12H17NO3. The molecule has 4 heteroatoms. The quantitative estimate of drug-likeness (QED) is 0.708. The zero-order chi connectivity index (χ0) is 12.1. The standard InChI is InChI=1S/C12H17NO3/c1-9(2)11(14)10-5-4-6-13(12(10)15)7-8-16-3/h4-6,9H,7-8H2,1-3H3. The Hall–Kier alpha value is -1.42. The van der Waals surface area contributed by atoms with E-state index in [1.807, 2.05) is 0 Å². The van der Waals surface area contributed by atoms with Gasteiger partial charge in [0, 0.05) is 25.8 Å². The van der Waals surface area contributed by atoms with Crippen LogP contribution in [0, 0.1) is 5.92 Å². The number of rotatable bonds is 5. The predicted octanol–water partition coefficient (Wildman–Crippen LogP) is 1.33. The third kappa shape index (κ3) is 2.79. The van der Waals surface area contributed by atoms with Crippen molar-refractivity contribution in [3.63, 3.8) is 0 Å². The highest BCUT2D eigenvalue weighted by Crippen LogP contribution is 2.03. The fraction of sp³-hybridized carbons (Fsp3) is 0.500. The van der Waals surface area contributed by atoms with Crippen LogP contribution in [0.2, 0.25) is 0 Å². The van der Waals surface area contributed by atoms with Gasteiger partial charge in [0.25, 0.3) is 5.56 Å². The first-order valence-corrected chi connectivity index (χ1v) is 5.30. The molecule has 0 spiro atoms. The lowest BCUT2D eigenvalue weighted by molar-refractivity contribution is 0.0937. The molecule has 0 unspecified atom stereocenters. The number of pyridine rings is 1. The third-order valence-corrected chi connectivity index (χ3v) is 2.35. The molecule has 0 radical (unpaired) electrons. The molecule has 0 N–H and O–H groups in total. The van der Waals surface area contributed by atoms with Crippen molar-refractivity contribution in [2.24, 2.45) is 5.92 Å². The zero-order valence-corrected chi connectivity index (χ0v) is 9.90. The van der Waals surface area contributed by atoms with Crippen molar-refractivity contribution >= 4 is 5.78 Å². The molecule has 0 aliphatic rings. The zero-order valence-electron chi connectivity index (χ0n) is 9.90. The Bertz CT molecular complexity index is 421. The fourth-order valence-electron chi connectivity index (χ4n) is 1.40. The molecule has 0 atom stereocenters. The normalized spacial score (nSPS) is 10.8. The second-order valence-corrected chi connectivity index (χ2v) is 3.93. The number of hydrogen-bond donors (Lipinski definition) is 0. The van der Waals surface area contributed by atoms with Crippen molar-refractivity contribution in [1.29, 1.82) is 0 Å². The maximum Gasteiger partial charge on any atom is 0.261 e. The van der Waals surface area contributed by atoms with Crippen LogP contribution < -0.4 is 5.56 Å². The van der Waals surface area contributed by atoms with Gasteiger partial charge in [-0.2, -0.15) is 0 Å². The highest BCUT2D eigenvalue weighted by atomic mass is 16.5. The molecule has 0 amide bonds. The molecule has 1 heterocycles. The SMILES string of the molecule is COCCn1cccc(C(=O)C(C)C)c1=O. The van der Waals surface area contributed by atoms with E-state index in [0.717, 1.165) is 0 Å². The summed E-state index contributed by atoms with van der Waals surface area (Å²) >= 11 is 0. The van der Waals surface area contributed by atoms with Gasteiger partial charge >= 0.3 is 0 Å². The number of hydrogen-bond acceptors (Lipinski definition) is 3. The summed E-state index contributed by atoms with van der Waals surface area (Å²) in [5.41, 5.74) is 0.0202. The Morgan fingerprint density at radius 2 is 2.19 bits per heavy atom. The average molecular weight is 223 g/mol. The van der Waals surface area contributed by atoms with Gasteiger partial charge in [-0.1, -0.05) is 13.8 Å². The number of ether oxygens (including phenoxy) is 1. The van der Waals surface area contributed by atoms with Crippen molar-refractivity contribution < 1.29 is 9.53 Å². The molecule has 1 rings (SSSR count). The van der Waals surface area contributed by atoms with E-state index in [-0.39, 0.29) is 22.8 Å². The van der Waals surface area contributed by atoms with Gasteiger partial charge in [0.05, 0.1) is 12.2 Å². The lowest BCUT2D eigenvalue weighted by Gasteiger charge is -2.08. The van der Waals surface area contributed by atoms with Gasteiger partial charge < -0.3 is 9.30 Å². The Balaban J connectivity index is 3.04. The van der Waals surface area contributed by atoms with Crippen molar-refractivity contribution in [2.45, 2.75) is 20.4 Å². The Labute approximate surface area is 94.9 Å². The van der Waals surface area contributed by atoms with Crippen LogP contribution in [-0.4, -0.2) is 24.1 Å². The number of ketones is 1. The van der Waals surface area contributed by atoms with Crippen LogP contribution in [0.5, 0.6) is 0 Å². The van der Waals surface area contributed by atoms with E-state index in [1.54, 1.807) is 39.3 Å². The first-order valence-electron chi connectivity index (χ1n) is 5.30. The smallest absolute Gasteiger partial charge is 0.261 e. The summed E-state index contributed by atoms with van der Waals surface area (Å²) in [5, 5.41) is 0. The Kier molecular flexibility index (Phi) is 4.43. The third-order valence-electron chi connectivity index (χ3n) is 2.35. The molecule has 0 bridgehead atoms. The molecule has 88 valence electrons. The summed E-state index contributed by atoms with van der Waals surface area (Å²) in [7, 11) is 1.58. The van der Waals surface area contributed by atoms with Crippen molar-refractivity contribution in [3.8, 4) is 0 Å². The van der Waals surface area contributed by atoms with Crippen LogP contribution in [0.1, 0.15) is 24.2 Å². The summed E-state index contributed by atoms with van der Waals surface area (Å²) in [5.74, 6) is -0.275. The highest BCUT2D eigenvalue weighted by molar-refractivity contribution is 5.96. The van der Waals surface area contributed by atoms with Crippen LogP contribution in [0.3, 0.4) is 0 Å². The van der Waals surface area contributed by atoms with E-state index < -0.39 is 0 Å². The maximum absolute atomic E-state index is 11.9. The first kappa shape index (κ1) is 12.6. The monoisotopic (exact) mass is 223 g/mol. The van der Waals surface area contributed by atoms with Gasteiger partial charge in [0.2, 0.25) is 0 Å². The molecule has 0 saturated carbocycles. The van der Waals surface area contributed by atoms with Gasteiger partial charge in [-0.3, -0.25) is 9.59 Å². The van der Waals surface area contributed by atoms with Crippen LogP contribution in [0.4, 0.5) is 0 Å². The van der Waals surface area contributed by atoms with Crippen molar-refractivity contribution in [2.75, 3.05) is 13.7 Å². The minimum absolute atomic E-state index is 0.114. The van der Waals surface area contributed by atoms with Crippen LogP contribution >= 0.6 is 0 Å². The molecule has 1 aromatic heterocycles. The number of carbonyl (C=O) groups excluding carboxylic acids is 1. The van der Waals surface area contributed by atoms with E-state index in [0.29, 0.717) is 13.2 Å². The Morgan fingerprint density at radius 1 is 1.50 bits per heavy atom. The minimum Gasteiger partial charge on any atom is -0.383 e. The summed E-state index contributed by atoms with van der Waals surface area (Å²) in [6.07, 6.45) is 1.67. The number of carbonyl (C=O) groups is 1. The molecule has 4 nitrogen and oxygen atoms in total. The van der Waals surface area contributed by atoms with E-state index in [1.165, 1.54) is 4.57 Å². The molecular weight excluding hydrogens is 206 g/mol. The van der Waals surface area contributed by atoms with Gasteiger partial charge in [-0.05, 0) is 12.1 Å². The average Bonchev–Trinajstić information content (AvgIpc) is 2.26. The largest absolute Gasteiger partial charge is 0.383 e. The molecule has 0 aliphatic carbocycles. The maximum atomic E-state index is 11.9. The lowest BCUT2D eigenvalue weighted by atomic mass is 10.0. The molecule has 0 fully saturated rings. The van der Waals surface area contributed by atoms with E-state index in [2.05, 4.69) is 0 Å². The second kappa shape index (κ2) is 5.61. The highest BCUT2D eigenvalue weighted by Gasteiger charge is 2.14. The number of nitrogens with zero attached hydrogens (tertiary/aromatic N) is 1. The lowest BCUT2D eigenvalue weighted by Crippen LogP contribution is -2.28. The van der Waals surface area contributed by atoms with Gasteiger partial charge in [0.1, 0.15) is 0 Å². The van der Waals surface area contributed by atoms with Gasteiger partial charge in [-0.15, -0.1) is 0 Å². The van der Waals surface area contributed by atoms with Crippen LogP contribution in [0.15, 0.2) is 23.1 Å².